The van der Waals surface area contributed by atoms with E-state index in [2.05, 4.69) is 35.6 Å². The summed E-state index contributed by atoms with van der Waals surface area (Å²) in [6, 6.07) is 9.46. The molecule has 1 atom stereocenters. The highest BCUT2D eigenvalue weighted by atomic mass is 19.3. The molecule has 3 aliphatic rings. The van der Waals surface area contributed by atoms with Crippen LogP contribution in [0.3, 0.4) is 0 Å². The monoisotopic (exact) mass is 510 g/mol. The predicted octanol–water partition coefficient (Wildman–Crippen LogP) is 2.15. The molecular formula is C25H28F2N8O2. The lowest BCUT2D eigenvalue weighted by molar-refractivity contribution is -0.129. The third kappa shape index (κ3) is 5.10. The first kappa shape index (κ1) is 23.7. The van der Waals surface area contributed by atoms with Crippen molar-refractivity contribution in [2.75, 3.05) is 37.6 Å². The highest BCUT2D eigenvalue weighted by Crippen LogP contribution is 2.33. The standard InChI is InChI=1S/C25H28F2N8O2/c26-24(27)17-3-5-18(6-4-17)35-21(19(29-32-35)13-16-1-2-16)15-37-23-8-7-22(30-31-23)34-12-11-33-10-9-28-25(36)20(33)14-34/h3-8,16,20,24H,1-2,9-15H2,(H,28,36)/t20-/m0/s1. The van der Waals surface area contributed by atoms with E-state index in [9.17, 15) is 13.6 Å². The van der Waals surface area contributed by atoms with Gasteiger partial charge in [0.1, 0.15) is 18.3 Å². The molecule has 0 spiro atoms. The number of anilines is 1. The number of carbonyl (C=O) groups excluding carboxylic acids is 1. The maximum atomic E-state index is 13.0. The number of alkyl halides is 2. The molecule has 3 fully saturated rings. The van der Waals surface area contributed by atoms with Gasteiger partial charge in [-0.2, -0.15) is 0 Å². The van der Waals surface area contributed by atoms with E-state index in [1.807, 2.05) is 6.07 Å². The molecule has 0 radical (unpaired) electrons. The first-order valence-electron chi connectivity index (χ1n) is 12.6. The van der Waals surface area contributed by atoms with Crippen molar-refractivity contribution in [3.63, 3.8) is 0 Å². The third-order valence-corrected chi connectivity index (χ3v) is 7.21. The van der Waals surface area contributed by atoms with Gasteiger partial charge in [-0.3, -0.25) is 9.69 Å². The molecule has 0 bridgehead atoms. The second-order valence-electron chi connectivity index (χ2n) is 9.74. The van der Waals surface area contributed by atoms with E-state index >= 15 is 0 Å². The van der Waals surface area contributed by atoms with Crippen LogP contribution in [0.5, 0.6) is 5.88 Å². The number of nitrogens with one attached hydrogen (secondary N) is 1. The van der Waals surface area contributed by atoms with Crippen LogP contribution in [-0.4, -0.2) is 74.8 Å². The number of amides is 1. The van der Waals surface area contributed by atoms with E-state index in [0.717, 1.165) is 37.4 Å². The molecule has 1 aliphatic carbocycles. The van der Waals surface area contributed by atoms with Crippen LogP contribution in [0.25, 0.3) is 5.69 Å². The fourth-order valence-corrected chi connectivity index (χ4v) is 4.89. The molecule has 2 saturated heterocycles. The number of halogens is 2. The van der Waals surface area contributed by atoms with Gasteiger partial charge >= 0.3 is 0 Å². The fraction of sp³-hybridized carbons (Fsp3) is 0.480. The predicted molar refractivity (Wildman–Crippen MR) is 130 cm³/mol. The Kier molecular flexibility index (Phi) is 6.41. The molecule has 6 rings (SSSR count). The van der Waals surface area contributed by atoms with Gasteiger partial charge in [0.25, 0.3) is 6.43 Å². The van der Waals surface area contributed by atoms with Gasteiger partial charge in [0, 0.05) is 44.4 Å². The second-order valence-corrected chi connectivity index (χ2v) is 9.74. The SMILES string of the molecule is O=C1NCCN2CCN(c3ccc(OCc4c(CC5CC5)nnn4-c4ccc(C(F)F)cc4)nn3)C[C@@H]12. The maximum absolute atomic E-state index is 13.0. The van der Waals surface area contributed by atoms with Crippen molar-refractivity contribution in [3.05, 3.63) is 53.3 Å². The fourth-order valence-electron chi connectivity index (χ4n) is 4.89. The first-order valence-corrected chi connectivity index (χ1v) is 12.6. The first-order chi connectivity index (χ1) is 18.0. The Morgan fingerprint density at radius 1 is 1.03 bits per heavy atom. The number of benzene rings is 1. The number of hydrogen-bond donors (Lipinski definition) is 1. The highest BCUT2D eigenvalue weighted by molar-refractivity contribution is 5.83. The Morgan fingerprint density at radius 2 is 1.86 bits per heavy atom. The van der Waals surface area contributed by atoms with Crippen LogP contribution < -0.4 is 15.0 Å². The molecule has 12 heteroatoms. The van der Waals surface area contributed by atoms with Gasteiger partial charge < -0.3 is 15.0 Å². The number of piperazine rings is 2. The summed E-state index contributed by atoms with van der Waals surface area (Å²) < 4.78 is 33.6. The molecule has 4 heterocycles. The van der Waals surface area contributed by atoms with Crippen molar-refractivity contribution in [1.29, 1.82) is 0 Å². The average molecular weight is 511 g/mol. The van der Waals surface area contributed by atoms with E-state index in [1.165, 1.54) is 25.0 Å². The zero-order valence-corrected chi connectivity index (χ0v) is 20.3. The molecule has 1 aromatic carbocycles. The molecule has 1 saturated carbocycles. The number of nitrogens with zero attached hydrogens (tertiary/aromatic N) is 7. The van der Waals surface area contributed by atoms with Gasteiger partial charge in [0.05, 0.1) is 11.4 Å². The van der Waals surface area contributed by atoms with E-state index in [-0.39, 0.29) is 24.1 Å². The van der Waals surface area contributed by atoms with Crippen molar-refractivity contribution >= 4 is 11.7 Å². The molecule has 37 heavy (non-hydrogen) atoms. The van der Waals surface area contributed by atoms with Crippen molar-refractivity contribution in [2.24, 2.45) is 5.92 Å². The van der Waals surface area contributed by atoms with Crippen LogP contribution in [-0.2, 0) is 17.8 Å². The Bertz CT molecular complexity index is 1250. The van der Waals surface area contributed by atoms with E-state index in [4.69, 9.17) is 4.74 Å². The lowest BCUT2D eigenvalue weighted by Gasteiger charge is -2.43. The third-order valence-electron chi connectivity index (χ3n) is 7.21. The lowest BCUT2D eigenvalue weighted by atomic mass is 10.1. The van der Waals surface area contributed by atoms with Gasteiger partial charge in [0.2, 0.25) is 11.8 Å². The summed E-state index contributed by atoms with van der Waals surface area (Å²) in [7, 11) is 0. The molecule has 1 amide bonds. The number of carbonyl (C=O) groups is 1. The zero-order chi connectivity index (χ0) is 25.4. The topological polar surface area (TPSA) is 101 Å². The summed E-state index contributed by atoms with van der Waals surface area (Å²) in [5, 5.41) is 20.2. The summed E-state index contributed by atoms with van der Waals surface area (Å²) in [4.78, 5) is 16.5. The van der Waals surface area contributed by atoms with Crippen LogP contribution in [0.15, 0.2) is 36.4 Å². The Labute approximate surface area is 212 Å². The smallest absolute Gasteiger partial charge is 0.263 e. The minimum absolute atomic E-state index is 0.0410. The molecular weight excluding hydrogens is 482 g/mol. The van der Waals surface area contributed by atoms with Gasteiger partial charge in [-0.05, 0) is 43.4 Å². The molecule has 3 aromatic rings. The van der Waals surface area contributed by atoms with Crippen molar-refractivity contribution < 1.29 is 18.3 Å². The van der Waals surface area contributed by atoms with Crippen LogP contribution in [0, 0.1) is 5.92 Å². The largest absolute Gasteiger partial charge is 0.470 e. The minimum atomic E-state index is -2.52. The van der Waals surface area contributed by atoms with Crippen molar-refractivity contribution in [2.45, 2.75) is 38.3 Å². The Balaban J connectivity index is 1.15. The van der Waals surface area contributed by atoms with Crippen LogP contribution >= 0.6 is 0 Å². The second kappa shape index (κ2) is 10.0. The van der Waals surface area contributed by atoms with Gasteiger partial charge in [-0.25, -0.2) is 13.5 Å². The molecule has 2 aromatic heterocycles. The number of rotatable bonds is 8. The molecule has 194 valence electrons. The van der Waals surface area contributed by atoms with Gasteiger partial charge in [0.15, 0.2) is 5.82 Å². The summed E-state index contributed by atoms with van der Waals surface area (Å²) in [6.45, 7) is 3.88. The number of hydrogen-bond acceptors (Lipinski definition) is 8. The summed E-state index contributed by atoms with van der Waals surface area (Å²) in [5.41, 5.74) is 2.21. The quantitative estimate of drug-likeness (QED) is 0.492. The Morgan fingerprint density at radius 3 is 2.59 bits per heavy atom. The molecule has 0 unspecified atom stereocenters. The average Bonchev–Trinajstić information content (AvgIpc) is 3.66. The lowest BCUT2D eigenvalue weighted by Crippen LogP contribution is -2.64. The van der Waals surface area contributed by atoms with E-state index < -0.39 is 6.43 Å². The Hall–Kier alpha value is -3.67. The molecule has 1 N–H and O–H groups in total. The van der Waals surface area contributed by atoms with Crippen molar-refractivity contribution in [1.82, 2.24) is 35.4 Å². The number of ether oxygens (including phenoxy) is 1. The minimum Gasteiger partial charge on any atom is -0.470 e. The molecule has 10 nitrogen and oxygen atoms in total. The highest BCUT2D eigenvalue weighted by Gasteiger charge is 2.35. The molecule has 2 aliphatic heterocycles. The van der Waals surface area contributed by atoms with E-state index in [1.54, 1.807) is 22.9 Å². The summed E-state index contributed by atoms with van der Waals surface area (Å²) >= 11 is 0. The number of fused-ring (bicyclic) bond motifs is 1. The normalized spacial score (nSPS) is 20.1. The van der Waals surface area contributed by atoms with Crippen LogP contribution in [0.2, 0.25) is 0 Å². The van der Waals surface area contributed by atoms with Crippen LogP contribution in [0.4, 0.5) is 14.6 Å². The van der Waals surface area contributed by atoms with E-state index in [0.29, 0.717) is 36.4 Å². The van der Waals surface area contributed by atoms with Gasteiger partial charge in [-0.15, -0.1) is 15.3 Å². The maximum Gasteiger partial charge on any atom is 0.263 e. The zero-order valence-electron chi connectivity index (χ0n) is 20.3. The number of aromatic nitrogens is 5. The summed E-state index contributed by atoms with van der Waals surface area (Å²) in [5.74, 6) is 1.71. The summed E-state index contributed by atoms with van der Waals surface area (Å²) in [6.07, 6.45) is 0.613. The van der Waals surface area contributed by atoms with Crippen molar-refractivity contribution in [3.8, 4) is 11.6 Å². The van der Waals surface area contributed by atoms with Crippen LogP contribution in [0.1, 0.15) is 36.2 Å². The van der Waals surface area contributed by atoms with Gasteiger partial charge in [-0.1, -0.05) is 17.3 Å².